The summed E-state index contributed by atoms with van der Waals surface area (Å²) in [6.45, 7) is 1.97. The van der Waals surface area contributed by atoms with E-state index in [0.717, 1.165) is 5.92 Å². The maximum Gasteiger partial charge on any atom is 0.0863 e. The topological polar surface area (TPSA) is 9.23 Å². The minimum absolute atomic E-state index is 0.764. The average molecular weight is 113 g/mol. The molecule has 1 radical (unpaired) electrons. The van der Waals surface area contributed by atoms with Crippen LogP contribution in [0.1, 0.15) is 25.7 Å². The first-order valence-corrected chi connectivity index (χ1v) is 3.29. The first-order valence-electron chi connectivity index (χ1n) is 3.29. The van der Waals surface area contributed by atoms with Crippen LogP contribution in [0.25, 0.3) is 0 Å². The molecule has 0 spiro atoms. The lowest BCUT2D eigenvalue weighted by Crippen LogP contribution is -1.94. The van der Waals surface area contributed by atoms with Crippen molar-refractivity contribution in [3.63, 3.8) is 0 Å². The first-order chi connectivity index (χ1) is 3.93. The molecule has 0 saturated heterocycles. The zero-order valence-corrected chi connectivity index (χ0v) is 5.39. The molecule has 0 unspecified atom stereocenters. The summed E-state index contributed by atoms with van der Waals surface area (Å²) in [4.78, 5) is 0. The number of hydrogen-bond donors (Lipinski definition) is 0. The van der Waals surface area contributed by atoms with Crippen molar-refractivity contribution in [2.45, 2.75) is 25.7 Å². The normalized spacial score (nSPS) is 22.1. The van der Waals surface area contributed by atoms with Crippen molar-refractivity contribution in [2.24, 2.45) is 5.92 Å². The van der Waals surface area contributed by atoms with Crippen molar-refractivity contribution < 1.29 is 4.74 Å². The molecule has 1 saturated carbocycles. The van der Waals surface area contributed by atoms with Gasteiger partial charge in [-0.1, -0.05) is 12.8 Å². The molecular weight excluding hydrogens is 100 g/mol. The Bertz CT molecular complexity index is 55.4. The third-order valence-electron chi connectivity index (χ3n) is 1.73. The van der Waals surface area contributed by atoms with Gasteiger partial charge in [-0.2, -0.15) is 0 Å². The van der Waals surface area contributed by atoms with Gasteiger partial charge in [0, 0.05) is 7.11 Å². The molecule has 8 heavy (non-hydrogen) atoms. The second kappa shape index (κ2) is 3.08. The van der Waals surface area contributed by atoms with E-state index in [4.69, 9.17) is 4.74 Å². The minimum atomic E-state index is 0.764. The summed E-state index contributed by atoms with van der Waals surface area (Å²) in [6.07, 6.45) is 5.47. The summed E-state index contributed by atoms with van der Waals surface area (Å²) in [7, 11) is 1.73. The highest BCUT2D eigenvalue weighted by Gasteiger charge is 2.13. The van der Waals surface area contributed by atoms with Crippen LogP contribution in [0.4, 0.5) is 0 Å². The summed E-state index contributed by atoms with van der Waals surface area (Å²) < 4.78 is 4.90. The average Bonchev–Trinajstić information content (AvgIpc) is 2.19. The molecule has 1 heteroatoms. The van der Waals surface area contributed by atoms with Gasteiger partial charge in [0.25, 0.3) is 0 Å². The second-order valence-electron chi connectivity index (χ2n) is 2.42. The SMILES string of the molecule is CO[CH]C1CCCC1. The Morgan fingerprint density at radius 2 is 2.00 bits per heavy atom. The number of hydrogen-bond acceptors (Lipinski definition) is 1. The highest BCUT2D eigenvalue weighted by Crippen LogP contribution is 2.26. The van der Waals surface area contributed by atoms with Crippen LogP contribution in [0.15, 0.2) is 0 Å². The van der Waals surface area contributed by atoms with Gasteiger partial charge in [0.1, 0.15) is 0 Å². The maximum absolute atomic E-state index is 4.90. The van der Waals surface area contributed by atoms with Crippen LogP contribution >= 0.6 is 0 Å². The molecule has 47 valence electrons. The van der Waals surface area contributed by atoms with Gasteiger partial charge in [0.05, 0.1) is 6.61 Å². The van der Waals surface area contributed by atoms with Gasteiger partial charge in [-0.3, -0.25) is 0 Å². The first kappa shape index (κ1) is 6.09. The molecule has 0 amide bonds. The predicted molar refractivity (Wildman–Crippen MR) is 33.3 cm³/mol. The summed E-state index contributed by atoms with van der Waals surface area (Å²) in [6, 6.07) is 0. The van der Waals surface area contributed by atoms with Gasteiger partial charge < -0.3 is 4.74 Å². The van der Waals surface area contributed by atoms with Crippen molar-refractivity contribution in [1.29, 1.82) is 0 Å². The molecule has 0 atom stereocenters. The Morgan fingerprint density at radius 1 is 1.38 bits per heavy atom. The maximum atomic E-state index is 4.90. The van der Waals surface area contributed by atoms with Gasteiger partial charge in [0.15, 0.2) is 0 Å². The van der Waals surface area contributed by atoms with Gasteiger partial charge in [-0.15, -0.1) is 0 Å². The van der Waals surface area contributed by atoms with Crippen LogP contribution in [0.5, 0.6) is 0 Å². The number of methoxy groups -OCH3 is 1. The quantitative estimate of drug-likeness (QED) is 0.532. The van der Waals surface area contributed by atoms with E-state index in [2.05, 4.69) is 0 Å². The summed E-state index contributed by atoms with van der Waals surface area (Å²) in [5.74, 6) is 0.764. The van der Waals surface area contributed by atoms with Crippen molar-refractivity contribution >= 4 is 0 Å². The fourth-order valence-electron chi connectivity index (χ4n) is 1.29. The molecule has 0 aliphatic heterocycles. The Balaban J connectivity index is 2.06. The monoisotopic (exact) mass is 113 g/mol. The van der Waals surface area contributed by atoms with Crippen LogP contribution in [-0.2, 0) is 4.74 Å². The van der Waals surface area contributed by atoms with Crippen LogP contribution in [-0.4, -0.2) is 7.11 Å². The Morgan fingerprint density at radius 3 is 2.50 bits per heavy atom. The smallest absolute Gasteiger partial charge is 0.0863 e. The predicted octanol–water partition coefficient (Wildman–Crippen LogP) is 1.98. The Hall–Kier alpha value is -0.0400. The molecule has 1 aliphatic carbocycles. The van der Waals surface area contributed by atoms with E-state index >= 15 is 0 Å². The van der Waals surface area contributed by atoms with Crippen LogP contribution in [0.2, 0.25) is 0 Å². The van der Waals surface area contributed by atoms with E-state index in [1.54, 1.807) is 7.11 Å². The minimum Gasteiger partial charge on any atom is -0.378 e. The fourth-order valence-corrected chi connectivity index (χ4v) is 1.29. The zero-order valence-electron chi connectivity index (χ0n) is 5.39. The lowest BCUT2D eigenvalue weighted by Gasteiger charge is -2.03. The Kier molecular flexibility index (Phi) is 2.34. The third kappa shape index (κ3) is 1.48. The van der Waals surface area contributed by atoms with Crippen LogP contribution in [0, 0.1) is 12.5 Å². The third-order valence-corrected chi connectivity index (χ3v) is 1.73. The molecule has 0 aromatic heterocycles. The van der Waals surface area contributed by atoms with Gasteiger partial charge in [0.2, 0.25) is 0 Å². The molecule has 1 nitrogen and oxygen atoms in total. The van der Waals surface area contributed by atoms with Crippen molar-refractivity contribution in [2.75, 3.05) is 7.11 Å². The van der Waals surface area contributed by atoms with Gasteiger partial charge >= 0.3 is 0 Å². The fraction of sp³-hybridized carbons (Fsp3) is 0.857. The number of rotatable bonds is 2. The molecule has 0 N–H and O–H groups in total. The lowest BCUT2D eigenvalue weighted by atomic mass is 10.1. The van der Waals surface area contributed by atoms with Crippen molar-refractivity contribution in [1.82, 2.24) is 0 Å². The van der Waals surface area contributed by atoms with E-state index in [1.807, 2.05) is 6.61 Å². The van der Waals surface area contributed by atoms with Gasteiger partial charge in [-0.25, -0.2) is 0 Å². The molecule has 1 aliphatic rings. The zero-order chi connectivity index (χ0) is 5.82. The molecule has 1 fully saturated rings. The highest BCUT2D eigenvalue weighted by atomic mass is 16.5. The molecule has 0 heterocycles. The van der Waals surface area contributed by atoms with E-state index in [9.17, 15) is 0 Å². The van der Waals surface area contributed by atoms with E-state index in [-0.39, 0.29) is 0 Å². The molecular formula is C7H13O. The summed E-state index contributed by atoms with van der Waals surface area (Å²) in [5.41, 5.74) is 0. The lowest BCUT2D eigenvalue weighted by molar-refractivity contribution is 0.229. The van der Waals surface area contributed by atoms with E-state index < -0.39 is 0 Å². The highest BCUT2D eigenvalue weighted by molar-refractivity contribution is 4.73. The molecule has 0 aromatic carbocycles. The summed E-state index contributed by atoms with van der Waals surface area (Å²) in [5, 5.41) is 0. The van der Waals surface area contributed by atoms with Crippen LogP contribution in [0.3, 0.4) is 0 Å². The van der Waals surface area contributed by atoms with E-state index in [1.165, 1.54) is 25.7 Å². The second-order valence-corrected chi connectivity index (χ2v) is 2.42. The largest absolute Gasteiger partial charge is 0.378 e. The molecule has 0 bridgehead atoms. The Labute approximate surface area is 51.0 Å². The van der Waals surface area contributed by atoms with Gasteiger partial charge in [-0.05, 0) is 18.8 Å². The molecule has 0 aromatic rings. The van der Waals surface area contributed by atoms with E-state index in [0.29, 0.717) is 0 Å². The van der Waals surface area contributed by atoms with Crippen LogP contribution < -0.4 is 0 Å². The van der Waals surface area contributed by atoms with Crippen molar-refractivity contribution in [3.8, 4) is 0 Å². The van der Waals surface area contributed by atoms with Crippen molar-refractivity contribution in [3.05, 3.63) is 6.61 Å². The molecule has 1 rings (SSSR count). The number of ether oxygens (including phenoxy) is 1. The standard InChI is InChI=1S/C7H13O/c1-8-6-7-4-2-3-5-7/h6-7H,2-5H2,1H3. The summed E-state index contributed by atoms with van der Waals surface area (Å²) >= 11 is 0.